The summed E-state index contributed by atoms with van der Waals surface area (Å²) in [5, 5.41) is 0. The van der Waals surface area contributed by atoms with E-state index >= 15 is 0 Å². The van der Waals surface area contributed by atoms with Crippen LogP contribution in [0.1, 0.15) is 13.8 Å². The van der Waals surface area contributed by atoms with E-state index in [1.165, 1.54) is 0 Å². The van der Waals surface area contributed by atoms with Gasteiger partial charge < -0.3 is 0 Å². The maximum absolute atomic E-state index is 2.26. The minimum Gasteiger partial charge on any atom is -0.0750 e. The van der Waals surface area contributed by atoms with Crippen LogP contribution < -0.4 is 0 Å². The fourth-order valence-corrected chi connectivity index (χ4v) is 1.89. The number of hydrogen-bond donors (Lipinski definition) is 0. The molecule has 0 saturated carbocycles. The SMILES string of the molecule is C[C@H](/C=C\I)[C@@H](C)/C=C\I. The van der Waals surface area contributed by atoms with Crippen molar-refractivity contribution >= 4 is 45.2 Å². The third-order valence-corrected chi connectivity index (χ3v) is 2.41. The van der Waals surface area contributed by atoms with Crippen molar-refractivity contribution in [1.82, 2.24) is 0 Å². The third-order valence-electron chi connectivity index (χ3n) is 1.58. The minimum atomic E-state index is 0.655. The lowest BCUT2D eigenvalue weighted by Gasteiger charge is -2.10. The predicted molar refractivity (Wildman–Crippen MR) is 64.6 cm³/mol. The molecule has 10 heavy (non-hydrogen) atoms. The van der Waals surface area contributed by atoms with Gasteiger partial charge in [-0.2, -0.15) is 0 Å². The van der Waals surface area contributed by atoms with Crippen LogP contribution in [0.5, 0.6) is 0 Å². The maximum Gasteiger partial charge on any atom is -0.0194 e. The number of rotatable bonds is 3. The monoisotopic (exact) mass is 362 g/mol. The van der Waals surface area contributed by atoms with Crippen LogP contribution >= 0.6 is 45.2 Å². The normalized spacial score (nSPS) is 18.4. The number of hydrogen-bond acceptors (Lipinski definition) is 0. The Bertz CT molecular complexity index is 111. The van der Waals surface area contributed by atoms with Gasteiger partial charge in [0.15, 0.2) is 0 Å². The highest BCUT2D eigenvalue weighted by molar-refractivity contribution is 14.1. The zero-order valence-corrected chi connectivity index (χ0v) is 10.5. The highest BCUT2D eigenvalue weighted by Crippen LogP contribution is 2.15. The first-order valence-corrected chi connectivity index (χ1v) is 5.75. The lowest BCUT2D eigenvalue weighted by Crippen LogP contribution is -2.00. The summed E-state index contributed by atoms with van der Waals surface area (Å²) in [5.74, 6) is 1.31. The molecule has 0 N–H and O–H groups in total. The zero-order chi connectivity index (χ0) is 7.98. The van der Waals surface area contributed by atoms with Gasteiger partial charge in [-0.3, -0.25) is 0 Å². The van der Waals surface area contributed by atoms with E-state index in [1.807, 2.05) is 0 Å². The highest BCUT2D eigenvalue weighted by atomic mass is 127. The Hall–Kier alpha value is 0.940. The van der Waals surface area contributed by atoms with Crippen molar-refractivity contribution in [3.05, 3.63) is 20.3 Å². The third kappa shape index (κ3) is 4.71. The van der Waals surface area contributed by atoms with Gasteiger partial charge in [-0.25, -0.2) is 0 Å². The summed E-state index contributed by atoms with van der Waals surface area (Å²) in [6.45, 7) is 4.47. The van der Waals surface area contributed by atoms with Crippen LogP contribution in [0, 0.1) is 11.8 Å². The Balaban J connectivity index is 3.81. The molecule has 0 aromatic heterocycles. The number of allylic oxidation sites excluding steroid dienone is 2. The fraction of sp³-hybridized carbons (Fsp3) is 0.500. The van der Waals surface area contributed by atoms with Crippen LogP contribution in [0.2, 0.25) is 0 Å². The maximum atomic E-state index is 2.26. The molecular formula is C8H12I2. The van der Waals surface area contributed by atoms with Crippen LogP contribution in [0.3, 0.4) is 0 Å². The summed E-state index contributed by atoms with van der Waals surface area (Å²) in [7, 11) is 0. The van der Waals surface area contributed by atoms with Gasteiger partial charge in [0.1, 0.15) is 0 Å². The molecule has 0 aromatic rings. The van der Waals surface area contributed by atoms with Crippen molar-refractivity contribution < 1.29 is 0 Å². The second kappa shape index (κ2) is 6.64. The molecular weight excluding hydrogens is 350 g/mol. The average Bonchev–Trinajstić information content (AvgIpc) is 1.89. The Kier molecular flexibility index (Phi) is 7.26. The van der Waals surface area contributed by atoms with Crippen LogP contribution in [-0.4, -0.2) is 0 Å². The van der Waals surface area contributed by atoms with Gasteiger partial charge >= 0.3 is 0 Å². The van der Waals surface area contributed by atoms with E-state index in [1.54, 1.807) is 0 Å². The van der Waals surface area contributed by atoms with Gasteiger partial charge in [0.05, 0.1) is 0 Å². The van der Waals surface area contributed by atoms with Crippen molar-refractivity contribution in [2.75, 3.05) is 0 Å². The van der Waals surface area contributed by atoms with Gasteiger partial charge in [-0.1, -0.05) is 71.2 Å². The van der Waals surface area contributed by atoms with E-state index in [4.69, 9.17) is 0 Å². The largest absolute Gasteiger partial charge is 0.0750 e. The van der Waals surface area contributed by atoms with Gasteiger partial charge in [0.25, 0.3) is 0 Å². The molecule has 2 atom stereocenters. The summed E-state index contributed by atoms with van der Waals surface area (Å²) in [4.78, 5) is 0. The topological polar surface area (TPSA) is 0 Å². The molecule has 0 nitrogen and oxygen atoms in total. The molecule has 0 fully saturated rings. The van der Waals surface area contributed by atoms with Crippen LogP contribution in [0.25, 0.3) is 0 Å². The second-order valence-corrected chi connectivity index (χ2v) is 3.79. The summed E-state index contributed by atoms with van der Waals surface area (Å²) in [6.07, 6.45) is 4.45. The molecule has 0 spiro atoms. The van der Waals surface area contributed by atoms with E-state index in [0.717, 1.165) is 0 Å². The minimum absolute atomic E-state index is 0.655. The standard InChI is InChI=1S/C8H12I2/c1-7(3-5-9)8(2)4-6-10/h3-8H,1-2H3/b5-3-,6-4-/t7-,8+. The second-order valence-electron chi connectivity index (χ2n) is 2.36. The van der Waals surface area contributed by atoms with Crippen LogP contribution in [0.4, 0.5) is 0 Å². The molecule has 2 heteroatoms. The van der Waals surface area contributed by atoms with Crippen molar-refractivity contribution in [3.63, 3.8) is 0 Å². The molecule has 0 aliphatic heterocycles. The van der Waals surface area contributed by atoms with E-state index in [0.29, 0.717) is 11.8 Å². The van der Waals surface area contributed by atoms with Crippen molar-refractivity contribution in [3.8, 4) is 0 Å². The molecule has 0 radical (unpaired) electrons. The van der Waals surface area contributed by atoms with Crippen LogP contribution in [0.15, 0.2) is 20.3 Å². The molecule has 0 unspecified atom stereocenters. The summed E-state index contributed by atoms with van der Waals surface area (Å²) < 4.78 is 4.17. The summed E-state index contributed by atoms with van der Waals surface area (Å²) in [6, 6.07) is 0. The Morgan fingerprint density at radius 3 is 1.40 bits per heavy atom. The van der Waals surface area contributed by atoms with Crippen molar-refractivity contribution in [1.29, 1.82) is 0 Å². The first-order valence-electron chi connectivity index (χ1n) is 3.26. The first-order chi connectivity index (χ1) is 4.72. The zero-order valence-electron chi connectivity index (χ0n) is 6.22. The van der Waals surface area contributed by atoms with Crippen molar-refractivity contribution in [2.24, 2.45) is 11.8 Å². The Labute approximate surface area is 90.4 Å². The first kappa shape index (κ1) is 10.9. The molecule has 58 valence electrons. The predicted octanol–water partition coefficient (Wildman–Crippen LogP) is 4.16. The molecule has 0 aliphatic rings. The van der Waals surface area contributed by atoms with E-state index in [2.05, 4.69) is 79.3 Å². The average molecular weight is 362 g/mol. The van der Waals surface area contributed by atoms with Gasteiger partial charge in [0, 0.05) is 0 Å². The van der Waals surface area contributed by atoms with Gasteiger partial charge in [-0.05, 0) is 20.0 Å². The molecule has 0 aliphatic carbocycles. The molecule has 0 aromatic carbocycles. The highest BCUT2D eigenvalue weighted by Gasteiger charge is 2.03. The molecule has 0 saturated heterocycles. The molecule has 0 heterocycles. The van der Waals surface area contributed by atoms with E-state index < -0.39 is 0 Å². The lowest BCUT2D eigenvalue weighted by molar-refractivity contribution is 0.560. The summed E-state index contributed by atoms with van der Waals surface area (Å²) >= 11 is 4.52. The van der Waals surface area contributed by atoms with E-state index in [-0.39, 0.29) is 0 Å². The fourth-order valence-electron chi connectivity index (χ4n) is 0.580. The van der Waals surface area contributed by atoms with Gasteiger partial charge in [-0.15, -0.1) is 0 Å². The lowest BCUT2D eigenvalue weighted by atomic mass is 9.97. The Morgan fingerprint density at radius 2 is 1.20 bits per heavy atom. The molecule has 0 amide bonds. The van der Waals surface area contributed by atoms with E-state index in [9.17, 15) is 0 Å². The molecule has 0 bridgehead atoms. The summed E-state index contributed by atoms with van der Waals surface area (Å²) in [5.41, 5.74) is 0. The number of halogens is 2. The van der Waals surface area contributed by atoms with Crippen molar-refractivity contribution in [2.45, 2.75) is 13.8 Å². The van der Waals surface area contributed by atoms with Gasteiger partial charge in [0.2, 0.25) is 0 Å². The smallest absolute Gasteiger partial charge is 0.0194 e. The van der Waals surface area contributed by atoms with Crippen LogP contribution in [-0.2, 0) is 0 Å². The Morgan fingerprint density at radius 1 is 0.900 bits per heavy atom. The quantitative estimate of drug-likeness (QED) is 0.662. The molecule has 0 rings (SSSR count).